The van der Waals surface area contributed by atoms with Crippen molar-refractivity contribution >= 4 is 5.91 Å². The molecule has 3 aromatic rings. The fourth-order valence-electron chi connectivity index (χ4n) is 3.44. The topological polar surface area (TPSA) is 70.1 Å². The molecule has 0 saturated carbocycles. The van der Waals surface area contributed by atoms with E-state index in [1.54, 1.807) is 35.5 Å². The van der Waals surface area contributed by atoms with Crippen LogP contribution in [0.3, 0.4) is 0 Å². The summed E-state index contributed by atoms with van der Waals surface area (Å²) in [6, 6.07) is 14.7. The normalized spacial score (nSPS) is 13.4. The summed E-state index contributed by atoms with van der Waals surface area (Å²) in [5.74, 6) is 2.48. The van der Waals surface area contributed by atoms with Crippen molar-refractivity contribution in [3.8, 4) is 23.0 Å². The lowest BCUT2D eigenvalue weighted by atomic mass is 10.1. The van der Waals surface area contributed by atoms with Crippen LogP contribution in [0.25, 0.3) is 0 Å². The molecule has 1 amide bonds. The number of para-hydroxylation sites is 1. The molecule has 1 aromatic heterocycles. The van der Waals surface area contributed by atoms with Crippen LogP contribution in [-0.4, -0.2) is 29.4 Å². The number of aromatic nitrogens is 1. The molecule has 29 heavy (non-hydrogen) atoms. The smallest absolute Gasteiger partial charge is 0.254 e. The van der Waals surface area contributed by atoms with Crippen molar-refractivity contribution in [3.05, 3.63) is 77.6 Å². The number of carbonyl (C=O) groups excluding carboxylic acids is 1. The fraction of sp³-hybridized carbons (Fsp3) is 0.182. The number of hydrogen-bond acceptors (Lipinski definition) is 6. The molecule has 3 heterocycles. The minimum Gasteiger partial charge on any atom is -0.454 e. The van der Waals surface area contributed by atoms with Gasteiger partial charge in [0.15, 0.2) is 23.0 Å². The summed E-state index contributed by atoms with van der Waals surface area (Å²) in [5.41, 5.74) is 2.35. The van der Waals surface area contributed by atoms with Gasteiger partial charge < -0.3 is 23.8 Å². The van der Waals surface area contributed by atoms with Crippen molar-refractivity contribution in [1.29, 1.82) is 0 Å². The Kier molecular flexibility index (Phi) is 4.40. The minimum absolute atomic E-state index is 0.122. The number of fused-ring (bicyclic) bond motifs is 2. The van der Waals surface area contributed by atoms with Crippen LogP contribution in [0.4, 0.5) is 0 Å². The van der Waals surface area contributed by atoms with Crippen LogP contribution in [0.1, 0.15) is 21.5 Å². The van der Waals surface area contributed by atoms with Crippen LogP contribution in [-0.2, 0) is 13.1 Å². The van der Waals surface area contributed by atoms with Crippen molar-refractivity contribution < 1.29 is 23.7 Å². The molecular formula is C22H18N2O5. The van der Waals surface area contributed by atoms with Crippen LogP contribution in [0, 0.1) is 0 Å². The first-order chi connectivity index (χ1) is 14.3. The highest BCUT2D eigenvalue weighted by molar-refractivity contribution is 5.95. The zero-order valence-electron chi connectivity index (χ0n) is 15.5. The second kappa shape index (κ2) is 7.35. The van der Waals surface area contributed by atoms with E-state index in [-0.39, 0.29) is 19.5 Å². The van der Waals surface area contributed by atoms with Crippen molar-refractivity contribution in [2.75, 3.05) is 13.6 Å². The van der Waals surface area contributed by atoms with E-state index < -0.39 is 0 Å². The van der Waals surface area contributed by atoms with Gasteiger partial charge in [-0.1, -0.05) is 18.2 Å². The Morgan fingerprint density at radius 1 is 0.897 bits per heavy atom. The summed E-state index contributed by atoms with van der Waals surface area (Å²) in [6.45, 7) is 1.13. The molecule has 2 aliphatic rings. The van der Waals surface area contributed by atoms with Crippen LogP contribution >= 0.6 is 0 Å². The predicted molar refractivity (Wildman–Crippen MR) is 103 cm³/mol. The van der Waals surface area contributed by atoms with Crippen molar-refractivity contribution in [2.45, 2.75) is 13.1 Å². The molecule has 2 aliphatic heterocycles. The highest BCUT2D eigenvalue weighted by atomic mass is 16.7. The van der Waals surface area contributed by atoms with Gasteiger partial charge in [-0.05, 0) is 35.9 Å². The molecule has 0 spiro atoms. The summed E-state index contributed by atoms with van der Waals surface area (Å²) in [7, 11) is 0. The van der Waals surface area contributed by atoms with Gasteiger partial charge in [-0.3, -0.25) is 9.78 Å². The molecule has 7 heteroatoms. The molecule has 146 valence electrons. The number of rotatable bonds is 5. The Hall–Kier alpha value is -3.74. The van der Waals surface area contributed by atoms with E-state index >= 15 is 0 Å². The van der Waals surface area contributed by atoms with E-state index in [0.29, 0.717) is 41.7 Å². The maximum atomic E-state index is 13.4. The molecule has 5 rings (SSSR count). The van der Waals surface area contributed by atoms with Gasteiger partial charge in [0.2, 0.25) is 13.6 Å². The molecule has 0 radical (unpaired) electrons. The maximum Gasteiger partial charge on any atom is 0.254 e. The molecule has 2 aromatic carbocycles. The molecule has 0 saturated heterocycles. The first kappa shape index (κ1) is 17.4. The van der Waals surface area contributed by atoms with Crippen LogP contribution < -0.4 is 18.9 Å². The highest BCUT2D eigenvalue weighted by Crippen LogP contribution is 2.37. The van der Waals surface area contributed by atoms with E-state index in [1.165, 1.54) is 0 Å². The molecule has 0 bridgehead atoms. The Labute approximate surface area is 167 Å². The fourth-order valence-corrected chi connectivity index (χ4v) is 3.44. The van der Waals surface area contributed by atoms with Crippen LogP contribution in [0.15, 0.2) is 60.9 Å². The lowest BCUT2D eigenvalue weighted by molar-refractivity contribution is 0.0728. The lowest BCUT2D eigenvalue weighted by Crippen LogP contribution is -2.30. The highest BCUT2D eigenvalue weighted by Gasteiger charge is 2.24. The van der Waals surface area contributed by atoms with Crippen LogP contribution in [0.2, 0.25) is 0 Å². The van der Waals surface area contributed by atoms with Gasteiger partial charge in [0.05, 0.1) is 6.54 Å². The first-order valence-electron chi connectivity index (χ1n) is 9.23. The summed E-state index contributed by atoms with van der Waals surface area (Å²) in [4.78, 5) is 19.3. The second-order valence-corrected chi connectivity index (χ2v) is 6.74. The van der Waals surface area contributed by atoms with Gasteiger partial charge in [0, 0.05) is 30.1 Å². The number of amides is 1. The second-order valence-electron chi connectivity index (χ2n) is 6.74. The zero-order chi connectivity index (χ0) is 19.6. The third-order valence-corrected chi connectivity index (χ3v) is 4.84. The third-order valence-electron chi connectivity index (χ3n) is 4.84. The molecule has 7 nitrogen and oxygen atoms in total. The van der Waals surface area contributed by atoms with E-state index in [0.717, 1.165) is 11.1 Å². The average molecular weight is 390 g/mol. The zero-order valence-corrected chi connectivity index (χ0v) is 15.5. The Bertz CT molecular complexity index is 1050. The first-order valence-corrected chi connectivity index (χ1v) is 9.23. The van der Waals surface area contributed by atoms with Gasteiger partial charge in [0.1, 0.15) is 0 Å². The van der Waals surface area contributed by atoms with Gasteiger partial charge >= 0.3 is 0 Å². The monoisotopic (exact) mass is 390 g/mol. The molecule has 0 unspecified atom stereocenters. The maximum absolute atomic E-state index is 13.4. The quantitative estimate of drug-likeness (QED) is 0.665. The van der Waals surface area contributed by atoms with Crippen LogP contribution in [0.5, 0.6) is 23.0 Å². The number of hydrogen-bond donors (Lipinski definition) is 0. The molecule has 0 N–H and O–H groups in total. The van der Waals surface area contributed by atoms with E-state index in [1.807, 2.05) is 30.3 Å². The van der Waals surface area contributed by atoms with Gasteiger partial charge in [0.25, 0.3) is 5.91 Å². The Balaban J connectivity index is 1.47. The minimum atomic E-state index is -0.122. The molecule has 0 aliphatic carbocycles. The van der Waals surface area contributed by atoms with E-state index in [9.17, 15) is 4.79 Å². The number of benzene rings is 2. The molecular weight excluding hydrogens is 372 g/mol. The number of pyridine rings is 1. The lowest BCUT2D eigenvalue weighted by Gasteiger charge is -2.24. The summed E-state index contributed by atoms with van der Waals surface area (Å²) in [6.07, 6.45) is 3.47. The number of nitrogens with zero attached hydrogens (tertiary/aromatic N) is 2. The average Bonchev–Trinajstić information content (AvgIpc) is 3.42. The van der Waals surface area contributed by atoms with E-state index in [2.05, 4.69) is 4.98 Å². The van der Waals surface area contributed by atoms with Gasteiger partial charge in [-0.2, -0.15) is 0 Å². The van der Waals surface area contributed by atoms with Crippen molar-refractivity contribution in [2.24, 2.45) is 0 Å². The van der Waals surface area contributed by atoms with Gasteiger partial charge in [-0.25, -0.2) is 0 Å². The molecule has 0 fully saturated rings. The van der Waals surface area contributed by atoms with E-state index in [4.69, 9.17) is 18.9 Å². The standard InChI is InChI=1S/C22H18N2O5/c25-22(16-6-7-18-20(9-16)28-13-26-18)24(11-15-3-2-8-23-10-15)12-17-4-1-5-19-21(17)29-14-27-19/h1-10H,11-14H2. The van der Waals surface area contributed by atoms with Crippen molar-refractivity contribution in [3.63, 3.8) is 0 Å². The van der Waals surface area contributed by atoms with Crippen molar-refractivity contribution in [1.82, 2.24) is 9.88 Å². The summed E-state index contributed by atoms with van der Waals surface area (Å²) < 4.78 is 21.9. The molecule has 0 atom stereocenters. The summed E-state index contributed by atoms with van der Waals surface area (Å²) in [5, 5.41) is 0. The predicted octanol–water partition coefficient (Wildman–Crippen LogP) is 3.38. The largest absolute Gasteiger partial charge is 0.454 e. The Morgan fingerprint density at radius 3 is 2.66 bits per heavy atom. The third kappa shape index (κ3) is 3.42. The SMILES string of the molecule is O=C(c1ccc2c(c1)OCO2)N(Cc1cccnc1)Cc1cccc2c1OCO2. The number of carbonyl (C=O) groups is 1. The number of ether oxygens (including phenoxy) is 4. The summed E-state index contributed by atoms with van der Waals surface area (Å²) >= 11 is 0. The Morgan fingerprint density at radius 2 is 1.76 bits per heavy atom. The van der Waals surface area contributed by atoms with Gasteiger partial charge in [-0.15, -0.1) is 0 Å².